The van der Waals surface area contributed by atoms with Crippen LogP contribution >= 0.6 is 0 Å². The Morgan fingerprint density at radius 2 is 1.64 bits per heavy atom. The maximum atomic E-state index is 2.68. The molecule has 3 fully saturated rings. The molecule has 0 aliphatic heterocycles. The van der Waals surface area contributed by atoms with Gasteiger partial charge in [-0.3, -0.25) is 0 Å². The Hall–Kier alpha value is 0. The van der Waals surface area contributed by atoms with E-state index in [-0.39, 0.29) is 0 Å². The van der Waals surface area contributed by atoms with Crippen LogP contribution in [0.4, 0.5) is 0 Å². The van der Waals surface area contributed by atoms with Crippen molar-refractivity contribution in [3.8, 4) is 0 Å². The van der Waals surface area contributed by atoms with E-state index >= 15 is 0 Å². The van der Waals surface area contributed by atoms with Crippen LogP contribution in [0.2, 0.25) is 0 Å². The lowest BCUT2D eigenvalue weighted by Crippen LogP contribution is -2.48. The van der Waals surface area contributed by atoms with E-state index < -0.39 is 0 Å². The summed E-state index contributed by atoms with van der Waals surface area (Å²) in [6.45, 7) is 12.9. The predicted octanol–water partition coefficient (Wildman–Crippen LogP) is 8.25. The molecule has 146 valence electrons. The molecule has 0 heteroatoms. The van der Waals surface area contributed by atoms with Crippen molar-refractivity contribution in [2.24, 2.45) is 40.4 Å². The van der Waals surface area contributed by atoms with E-state index in [1.54, 1.807) is 12.8 Å². The number of hydrogen-bond donors (Lipinski definition) is 0. The number of rotatable bonds is 5. The highest BCUT2D eigenvalue weighted by molar-refractivity contribution is 5.01. The molecule has 0 amide bonds. The smallest absolute Gasteiger partial charge is 0.0295 e. The van der Waals surface area contributed by atoms with Crippen molar-refractivity contribution in [3.63, 3.8) is 0 Å². The molecule has 2 bridgehead atoms. The number of unbranched alkanes of at least 4 members (excludes halogenated alkanes) is 3. The van der Waals surface area contributed by atoms with Gasteiger partial charge in [0.25, 0.3) is 0 Å². The van der Waals surface area contributed by atoms with Gasteiger partial charge in [0, 0.05) is 0 Å². The lowest BCUT2D eigenvalue weighted by molar-refractivity contribution is -0.0742. The molecule has 0 heterocycles. The first-order chi connectivity index (χ1) is 11.9. The first-order valence-electron chi connectivity index (χ1n) is 11.9. The Labute approximate surface area is 158 Å². The first-order valence-corrected chi connectivity index (χ1v) is 11.9. The SMILES string of the molecule is CCCCCC[C@@H]1CC[C@H]2C[C@@H]3[C@H](C)CCC[C@@]3(C)CC[C@@H]1C2(C)C. The Morgan fingerprint density at radius 3 is 2.40 bits per heavy atom. The Balaban J connectivity index is 1.73. The van der Waals surface area contributed by atoms with Crippen molar-refractivity contribution in [2.75, 3.05) is 0 Å². The third-order valence-corrected chi connectivity index (χ3v) is 9.45. The largest absolute Gasteiger partial charge is 0.0654 e. The van der Waals surface area contributed by atoms with Crippen molar-refractivity contribution in [3.05, 3.63) is 0 Å². The summed E-state index contributed by atoms with van der Waals surface area (Å²) in [6.07, 6.45) is 19.5. The standard InChI is InChI=1S/C25H46/c1-6-7-8-9-12-20-13-14-21-18-23-19(2)11-10-16-25(23,5)17-15-22(20)24(21,3)4/h19-23H,6-18H2,1-5H3/t19-,20-,21+,22+,23-,25+/m1/s1. The summed E-state index contributed by atoms with van der Waals surface area (Å²) in [5, 5.41) is 0. The molecule has 0 aromatic heterocycles. The average Bonchev–Trinajstić information content (AvgIpc) is 2.55. The molecule has 0 radical (unpaired) electrons. The van der Waals surface area contributed by atoms with Crippen molar-refractivity contribution >= 4 is 0 Å². The molecule has 3 aliphatic rings. The molecule has 0 spiro atoms. The number of hydrogen-bond acceptors (Lipinski definition) is 0. The van der Waals surface area contributed by atoms with Crippen LogP contribution < -0.4 is 0 Å². The van der Waals surface area contributed by atoms with Crippen molar-refractivity contribution < 1.29 is 0 Å². The van der Waals surface area contributed by atoms with Crippen LogP contribution in [0.25, 0.3) is 0 Å². The highest BCUT2D eigenvalue weighted by Gasteiger charge is 2.51. The molecule has 0 saturated heterocycles. The molecule has 25 heavy (non-hydrogen) atoms. The summed E-state index contributed by atoms with van der Waals surface area (Å²) in [4.78, 5) is 0. The van der Waals surface area contributed by atoms with Gasteiger partial charge in [0.1, 0.15) is 0 Å². The maximum Gasteiger partial charge on any atom is -0.0295 e. The Morgan fingerprint density at radius 1 is 0.840 bits per heavy atom. The molecule has 0 aromatic carbocycles. The summed E-state index contributed by atoms with van der Waals surface area (Å²) in [5.41, 5.74) is 1.25. The molecule has 6 atom stereocenters. The van der Waals surface area contributed by atoms with E-state index in [4.69, 9.17) is 0 Å². The molecular weight excluding hydrogens is 300 g/mol. The highest BCUT2D eigenvalue weighted by Crippen LogP contribution is 2.60. The minimum absolute atomic E-state index is 0.589. The van der Waals surface area contributed by atoms with Gasteiger partial charge >= 0.3 is 0 Å². The second-order valence-corrected chi connectivity index (χ2v) is 11.2. The fourth-order valence-electron chi connectivity index (χ4n) is 7.63. The van der Waals surface area contributed by atoms with E-state index in [2.05, 4.69) is 34.6 Å². The summed E-state index contributed by atoms with van der Waals surface area (Å²) >= 11 is 0. The van der Waals surface area contributed by atoms with Gasteiger partial charge in [0.15, 0.2) is 0 Å². The molecular formula is C25H46. The molecule has 0 nitrogen and oxygen atoms in total. The van der Waals surface area contributed by atoms with E-state index in [0.717, 1.165) is 29.6 Å². The molecule has 3 saturated carbocycles. The van der Waals surface area contributed by atoms with E-state index in [0.29, 0.717) is 10.8 Å². The minimum Gasteiger partial charge on any atom is -0.0654 e. The highest BCUT2D eigenvalue weighted by atomic mass is 14.6. The molecule has 3 aliphatic carbocycles. The third kappa shape index (κ3) is 3.98. The Bertz CT molecular complexity index is 422. The quantitative estimate of drug-likeness (QED) is 0.439. The van der Waals surface area contributed by atoms with Crippen LogP contribution in [0.15, 0.2) is 0 Å². The fraction of sp³-hybridized carbons (Fsp3) is 1.00. The first kappa shape index (κ1) is 19.8. The maximum absolute atomic E-state index is 2.68. The van der Waals surface area contributed by atoms with Crippen LogP contribution in [0, 0.1) is 40.4 Å². The van der Waals surface area contributed by atoms with Crippen LogP contribution in [-0.4, -0.2) is 0 Å². The van der Waals surface area contributed by atoms with Crippen LogP contribution in [-0.2, 0) is 0 Å². The lowest BCUT2D eigenvalue weighted by atomic mass is 9.48. The molecule has 0 N–H and O–H groups in total. The van der Waals surface area contributed by atoms with Crippen LogP contribution in [0.1, 0.15) is 118 Å². The van der Waals surface area contributed by atoms with E-state index in [1.165, 1.54) is 70.6 Å². The van der Waals surface area contributed by atoms with Gasteiger partial charge in [-0.25, -0.2) is 0 Å². The monoisotopic (exact) mass is 346 g/mol. The summed E-state index contributed by atoms with van der Waals surface area (Å²) in [6, 6.07) is 0. The van der Waals surface area contributed by atoms with Gasteiger partial charge in [-0.05, 0) is 78.9 Å². The molecule has 0 unspecified atom stereocenters. The molecule has 3 rings (SSSR count). The fourth-order valence-corrected chi connectivity index (χ4v) is 7.63. The van der Waals surface area contributed by atoms with Crippen LogP contribution in [0.5, 0.6) is 0 Å². The van der Waals surface area contributed by atoms with Gasteiger partial charge in [-0.1, -0.05) is 79.6 Å². The average molecular weight is 347 g/mol. The van der Waals surface area contributed by atoms with E-state index in [1.807, 2.05) is 0 Å². The van der Waals surface area contributed by atoms with Crippen molar-refractivity contribution in [1.82, 2.24) is 0 Å². The summed E-state index contributed by atoms with van der Waals surface area (Å²) < 4.78 is 0. The van der Waals surface area contributed by atoms with Crippen LogP contribution in [0.3, 0.4) is 0 Å². The summed E-state index contributed by atoms with van der Waals surface area (Å²) in [5.74, 6) is 5.01. The van der Waals surface area contributed by atoms with E-state index in [9.17, 15) is 0 Å². The second-order valence-electron chi connectivity index (χ2n) is 11.2. The van der Waals surface area contributed by atoms with Gasteiger partial charge in [0.2, 0.25) is 0 Å². The topological polar surface area (TPSA) is 0 Å². The van der Waals surface area contributed by atoms with Crippen molar-refractivity contribution in [1.29, 1.82) is 0 Å². The zero-order valence-corrected chi connectivity index (χ0v) is 18.1. The Kier molecular flexibility index (Phi) is 6.27. The lowest BCUT2D eigenvalue weighted by Gasteiger charge is -2.57. The van der Waals surface area contributed by atoms with Gasteiger partial charge in [0.05, 0.1) is 0 Å². The zero-order chi connectivity index (χ0) is 18.1. The normalized spacial score (nSPS) is 43.8. The van der Waals surface area contributed by atoms with Gasteiger partial charge in [-0.15, -0.1) is 0 Å². The predicted molar refractivity (Wildman–Crippen MR) is 111 cm³/mol. The number of fused-ring (bicyclic) bond motifs is 3. The van der Waals surface area contributed by atoms with Gasteiger partial charge in [-0.2, -0.15) is 0 Å². The van der Waals surface area contributed by atoms with Gasteiger partial charge < -0.3 is 0 Å². The zero-order valence-electron chi connectivity index (χ0n) is 18.1. The molecule has 0 aromatic rings. The summed E-state index contributed by atoms with van der Waals surface area (Å²) in [7, 11) is 0. The van der Waals surface area contributed by atoms with Crippen molar-refractivity contribution in [2.45, 2.75) is 118 Å². The minimum atomic E-state index is 0.589. The second kappa shape index (κ2) is 7.93. The third-order valence-electron chi connectivity index (χ3n) is 9.45.